The summed E-state index contributed by atoms with van der Waals surface area (Å²) in [6.07, 6.45) is 9.49. The van der Waals surface area contributed by atoms with Gasteiger partial charge in [0.1, 0.15) is 12.1 Å². The molecule has 0 aromatic rings. The Hall–Kier alpha value is -3.51. The molecule has 0 radical (unpaired) electrons. The van der Waals surface area contributed by atoms with Crippen molar-refractivity contribution in [3.05, 3.63) is 0 Å². The summed E-state index contributed by atoms with van der Waals surface area (Å²) in [4.78, 5) is 94.3. The van der Waals surface area contributed by atoms with Gasteiger partial charge in [-0.1, -0.05) is 87.5 Å². The van der Waals surface area contributed by atoms with Gasteiger partial charge in [-0.15, -0.1) is 0 Å². The molecule has 3 aliphatic carbocycles. The zero-order valence-electron chi connectivity index (χ0n) is 33.4. The lowest BCUT2D eigenvalue weighted by molar-refractivity contribution is -0.143. The fraction of sp³-hybridized carbons (Fsp3) is 0.825. The number of rotatable bonds is 15. The zero-order valence-corrected chi connectivity index (χ0v) is 33.4. The van der Waals surface area contributed by atoms with Crippen LogP contribution in [0.25, 0.3) is 0 Å². The predicted molar refractivity (Wildman–Crippen MR) is 201 cm³/mol. The van der Waals surface area contributed by atoms with E-state index in [1.54, 1.807) is 4.90 Å². The summed E-state index contributed by atoms with van der Waals surface area (Å²) < 4.78 is 0. The van der Waals surface area contributed by atoms with Gasteiger partial charge in [-0.3, -0.25) is 28.8 Å². The van der Waals surface area contributed by atoms with Crippen molar-refractivity contribution in [2.45, 2.75) is 169 Å². The number of nitrogens with one attached hydrogen (secondary N) is 4. The van der Waals surface area contributed by atoms with Gasteiger partial charge in [0.15, 0.2) is 5.78 Å². The molecule has 0 aromatic heterocycles. The van der Waals surface area contributed by atoms with Crippen LogP contribution in [-0.4, -0.2) is 82.9 Å². The highest BCUT2D eigenvalue weighted by molar-refractivity contribution is 6.37. The molecule has 1 heterocycles. The third kappa shape index (κ3) is 9.98. The number of hydrogen-bond acceptors (Lipinski definition) is 7. The van der Waals surface area contributed by atoms with Crippen LogP contribution in [0.1, 0.15) is 139 Å². The summed E-state index contributed by atoms with van der Waals surface area (Å²) in [5.74, 6) is -3.13. The summed E-state index contributed by atoms with van der Waals surface area (Å²) >= 11 is 0. The van der Waals surface area contributed by atoms with Gasteiger partial charge < -0.3 is 31.9 Å². The lowest BCUT2D eigenvalue weighted by Gasteiger charge is -2.54. The van der Waals surface area contributed by atoms with Crippen molar-refractivity contribution in [3.63, 3.8) is 0 Å². The second kappa shape index (κ2) is 16.9. The van der Waals surface area contributed by atoms with E-state index in [0.29, 0.717) is 32.2 Å². The number of nitrogens with two attached hydrogens (primary N) is 1. The number of primary amides is 1. The van der Waals surface area contributed by atoms with Crippen LogP contribution in [-0.2, 0) is 28.8 Å². The summed E-state index contributed by atoms with van der Waals surface area (Å²) in [5, 5.41) is 11.4. The molecule has 6 atom stereocenters. The molecule has 1 aliphatic heterocycles. The molecule has 1 saturated heterocycles. The Balaban J connectivity index is 1.54. The van der Waals surface area contributed by atoms with Gasteiger partial charge in [0.25, 0.3) is 5.91 Å². The van der Waals surface area contributed by atoms with Crippen LogP contribution in [0.4, 0.5) is 4.79 Å². The largest absolute Gasteiger partial charge is 0.363 e. The van der Waals surface area contributed by atoms with Crippen LogP contribution < -0.4 is 27.0 Å². The Labute approximate surface area is 315 Å². The Bertz CT molecular complexity index is 1410. The number of likely N-dealkylation sites (tertiary alicyclic amines) is 1. The van der Waals surface area contributed by atoms with Gasteiger partial charge in [0, 0.05) is 25.4 Å². The van der Waals surface area contributed by atoms with Crippen molar-refractivity contribution < 1.29 is 33.6 Å². The second-order valence-electron chi connectivity index (χ2n) is 18.7. The quantitative estimate of drug-likeness (QED) is 0.157. The minimum Gasteiger partial charge on any atom is -0.363 e. The summed E-state index contributed by atoms with van der Waals surface area (Å²) in [6.45, 7) is 16.3. The molecular formula is C40H66N6O7. The molecule has 0 aromatic carbocycles. The molecule has 13 heteroatoms. The van der Waals surface area contributed by atoms with Crippen molar-refractivity contribution in [2.75, 3.05) is 6.54 Å². The minimum absolute atomic E-state index is 0.0256. The third-order valence-electron chi connectivity index (χ3n) is 13.4. The number of nitrogens with zero attached hydrogens (tertiary/aromatic N) is 1. The van der Waals surface area contributed by atoms with E-state index in [9.17, 15) is 33.6 Å². The van der Waals surface area contributed by atoms with Crippen LogP contribution >= 0.6 is 0 Å². The fourth-order valence-electron chi connectivity index (χ4n) is 8.63. The van der Waals surface area contributed by atoms with E-state index in [1.807, 2.05) is 34.6 Å². The smallest absolute Gasteiger partial charge is 0.315 e. The van der Waals surface area contributed by atoms with Crippen molar-refractivity contribution in [3.8, 4) is 0 Å². The van der Waals surface area contributed by atoms with E-state index >= 15 is 0 Å². The lowest BCUT2D eigenvalue weighted by atomic mass is 9.51. The zero-order chi connectivity index (χ0) is 39.5. The van der Waals surface area contributed by atoms with Crippen molar-refractivity contribution >= 4 is 41.2 Å². The molecule has 0 spiro atoms. The molecule has 4 rings (SSSR count). The Morgan fingerprint density at radius 2 is 1.57 bits per heavy atom. The summed E-state index contributed by atoms with van der Waals surface area (Å²) in [7, 11) is 0. The highest BCUT2D eigenvalue weighted by Crippen LogP contribution is 2.59. The molecule has 3 saturated carbocycles. The number of urea groups is 1. The Morgan fingerprint density at radius 1 is 0.906 bits per heavy atom. The van der Waals surface area contributed by atoms with Gasteiger partial charge in [-0.05, 0) is 72.5 Å². The first kappa shape index (κ1) is 42.2. The molecule has 6 amide bonds. The molecule has 298 valence electrons. The van der Waals surface area contributed by atoms with Crippen LogP contribution in [0.15, 0.2) is 0 Å². The number of carbonyl (C=O) groups is 7. The van der Waals surface area contributed by atoms with E-state index in [1.165, 1.54) is 0 Å². The lowest BCUT2D eigenvalue weighted by Crippen LogP contribution is -2.61. The van der Waals surface area contributed by atoms with E-state index in [0.717, 1.165) is 51.4 Å². The maximum atomic E-state index is 14.7. The third-order valence-corrected chi connectivity index (χ3v) is 13.4. The average molecular weight is 743 g/mol. The molecule has 4 fully saturated rings. The highest BCUT2D eigenvalue weighted by atomic mass is 16.2. The predicted octanol–water partition coefficient (Wildman–Crippen LogP) is 3.91. The number of amides is 6. The maximum Gasteiger partial charge on any atom is 0.315 e. The normalized spacial score (nSPS) is 25.0. The van der Waals surface area contributed by atoms with Crippen LogP contribution in [0, 0.1) is 34.0 Å². The fourth-order valence-corrected chi connectivity index (χ4v) is 8.63. The van der Waals surface area contributed by atoms with E-state index < -0.39 is 65.2 Å². The number of carbonyl (C=O) groups excluding carboxylic acids is 7. The molecular weight excluding hydrogens is 676 g/mol. The average Bonchev–Trinajstić information content (AvgIpc) is 3.49. The van der Waals surface area contributed by atoms with Crippen molar-refractivity contribution in [1.82, 2.24) is 26.2 Å². The van der Waals surface area contributed by atoms with E-state index in [-0.39, 0.29) is 46.7 Å². The van der Waals surface area contributed by atoms with Gasteiger partial charge in [0.2, 0.25) is 23.5 Å². The number of Topliss-reactive ketones (excluding diaryl/α,β-unsaturated/α-hetero) is 2. The number of ketones is 2. The van der Waals surface area contributed by atoms with Gasteiger partial charge >= 0.3 is 6.03 Å². The molecule has 0 bridgehead atoms. The molecule has 3 unspecified atom stereocenters. The van der Waals surface area contributed by atoms with Crippen LogP contribution in [0.5, 0.6) is 0 Å². The first-order chi connectivity index (χ1) is 24.6. The van der Waals surface area contributed by atoms with Crippen molar-refractivity contribution in [2.24, 2.45) is 39.7 Å². The van der Waals surface area contributed by atoms with E-state index in [4.69, 9.17) is 5.73 Å². The minimum atomic E-state index is -1.10. The molecule has 53 heavy (non-hydrogen) atoms. The molecule has 13 nitrogen and oxygen atoms in total. The van der Waals surface area contributed by atoms with Gasteiger partial charge in [0.05, 0.1) is 12.1 Å². The Morgan fingerprint density at radius 3 is 2.08 bits per heavy atom. The van der Waals surface area contributed by atoms with Gasteiger partial charge in [-0.25, -0.2) is 4.79 Å². The monoisotopic (exact) mass is 742 g/mol. The van der Waals surface area contributed by atoms with Crippen LogP contribution in [0.3, 0.4) is 0 Å². The topological polar surface area (TPSA) is 197 Å². The first-order valence-electron chi connectivity index (χ1n) is 20.0. The highest BCUT2D eigenvalue weighted by Gasteiger charge is 2.55. The van der Waals surface area contributed by atoms with Crippen LogP contribution in [0.2, 0.25) is 0 Å². The molecule has 6 N–H and O–H groups in total. The van der Waals surface area contributed by atoms with Gasteiger partial charge in [-0.2, -0.15) is 0 Å². The van der Waals surface area contributed by atoms with Crippen molar-refractivity contribution in [1.29, 1.82) is 0 Å². The first-order valence-corrected chi connectivity index (χ1v) is 20.0. The summed E-state index contributed by atoms with van der Waals surface area (Å²) in [5.41, 5.74) is 4.44. The standard InChI is InChI=1S/C40H66N6O7/c1-23(2)27(21-31(48)42-26-15-9-10-16-30(26)47)44-37(53)45-33(38(3,4)5)36(52)46-22-25(39(6,7)40(8)17-12-18-40)20-29(46)35(51)43-28(32(49)34(41)50)19-24-13-11-14-24/h23-29,33H,9-22H2,1-8H3,(H2,41,50)(H,42,48)(H,43,51)(H2,44,45,53)/t25?,26?,27-,28?,29+,33-/m1/s1. The number of hydrogen-bond donors (Lipinski definition) is 5. The molecule has 4 aliphatic rings. The second-order valence-corrected chi connectivity index (χ2v) is 18.7. The Kier molecular flexibility index (Phi) is 13.5. The van der Waals surface area contributed by atoms with E-state index in [2.05, 4.69) is 42.0 Å². The SMILES string of the molecule is CC(C)[C@@H](CC(=O)NC1CCCCC1=O)NC(=O)N[C@H](C(=O)N1CC(C(C)(C)C2(C)CCC2)C[C@H]1C(=O)NC(CC1CCC1)C(=O)C(N)=O)C(C)(C)C. The maximum absolute atomic E-state index is 14.7. The summed E-state index contributed by atoms with van der Waals surface area (Å²) in [6, 6.07) is -4.73.